The van der Waals surface area contributed by atoms with Crippen molar-refractivity contribution >= 4 is 18.7 Å². The smallest absolute Gasteiger partial charge is 0.261 e. The fourth-order valence-electron chi connectivity index (χ4n) is 4.24. The summed E-state index contributed by atoms with van der Waals surface area (Å²) >= 11 is 0. The highest BCUT2D eigenvalue weighted by Crippen LogP contribution is 2.39. The number of aliphatic hydroxyl groups is 1. The fourth-order valence-corrected chi connectivity index (χ4v) is 8.94. The molecule has 1 unspecified atom stereocenters. The molecule has 0 aromatic heterocycles. The lowest BCUT2D eigenvalue weighted by Gasteiger charge is -2.47. The van der Waals surface area contributed by atoms with E-state index < -0.39 is 8.32 Å². The molecule has 0 amide bonds. The van der Waals surface area contributed by atoms with Crippen LogP contribution >= 0.6 is 0 Å². The first-order valence-corrected chi connectivity index (χ1v) is 11.9. The van der Waals surface area contributed by atoms with Crippen LogP contribution in [0.1, 0.15) is 33.6 Å². The molecular formula is C23H32O4Si. The minimum atomic E-state index is -2.61. The van der Waals surface area contributed by atoms with Gasteiger partial charge >= 0.3 is 0 Å². The molecule has 4 nitrogen and oxygen atoms in total. The van der Waals surface area contributed by atoms with E-state index in [1.807, 2.05) is 12.1 Å². The molecule has 0 bridgehead atoms. The third-order valence-corrected chi connectivity index (χ3v) is 10.6. The maximum atomic E-state index is 9.69. The lowest BCUT2D eigenvalue weighted by Crippen LogP contribution is -2.68. The summed E-state index contributed by atoms with van der Waals surface area (Å²) in [6.45, 7) is 6.79. The van der Waals surface area contributed by atoms with Gasteiger partial charge in [-0.2, -0.15) is 0 Å². The first-order valence-electron chi connectivity index (χ1n) is 9.98. The minimum absolute atomic E-state index is 0.0273. The molecule has 152 valence electrons. The van der Waals surface area contributed by atoms with Crippen LogP contribution < -0.4 is 10.4 Å². The van der Waals surface area contributed by atoms with Gasteiger partial charge in [-0.25, -0.2) is 0 Å². The van der Waals surface area contributed by atoms with E-state index in [1.54, 1.807) is 7.11 Å². The van der Waals surface area contributed by atoms with Crippen molar-refractivity contribution in [2.24, 2.45) is 0 Å². The molecule has 1 aliphatic heterocycles. The molecule has 2 aromatic rings. The zero-order valence-corrected chi connectivity index (χ0v) is 18.3. The summed E-state index contributed by atoms with van der Waals surface area (Å²) in [6, 6.07) is 21.2. The van der Waals surface area contributed by atoms with Crippen LogP contribution in [0.25, 0.3) is 0 Å². The topological polar surface area (TPSA) is 47.9 Å². The van der Waals surface area contributed by atoms with E-state index in [9.17, 15) is 5.11 Å². The predicted molar refractivity (Wildman–Crippen MR) is 114 cm³/mol. The Morgan fingerprint density at radius 1 is 0.964 bits per heavy atom. The lowest BCUT2D eigenvalue weighted by molar-refractivity contribution is -0.208. The van der Waals surface area contributed by atoms with Crippen LogP contribution in [0.2, 0.25) is 5.04 Å². The molecule has 3 rings (SSSR count). The van der Waals surface area contributed by atoms with Gasteiger partial charge in [-0.05, 0) is 15.4 Å². The largest absolute Gasteiger partial charge is 0.404 e. The molecular weight excluding hydrogens is 368 g/mol. The summed E-state index contributed by atoms with van der Waals surface area (Å²) in [4.78, 5) is 0. The van der Waals surface area contributed by atoms with Gasteiger partial charge in [0.1, 0.15) is 0 Å². The standard InChI is InChI=1S/C23H32O4Si/c1-23(2,3)28(20-11-7-5-8-12-20,21-13-9-6-10-14-21)27-18-15-19(17-24)26-22(16-18)25-4/h5-14,18-19,22,24H,15-17H2,1-4H3/t18-,19-,22?/m0/s1. The fraction of sp³-hybridized carbons (Fsp3) is 0.478. The van der Waals surface area contributed by atoms with Crippen LogP contribution in [0.3, 0.4) is 0 Å². The highest BCUT2D eigenvalue weighted by molar-refractivity contribution is 6.99. The van der Waals surface area contributed by atoms with E-state index in [2.05, 4.69) is 69.3 Å². The average molecular weight is 401 g/mol. The molecule has 1 fully saturated rings. The van der Waals surface area contributed by atoms with Crippen molar-refractivity contribution in [2.45, 2.75) is 57.1 Å². The van der Waals surface area contributed by atoms with E-state index in [1.165, 1.54) is 10.4 Å². The highest BCUT2D eigenvalue weighted by Gasteiger charge is 2.52. The molecule has 5 heteroatoms. The van der Waals surface area contributed by atoms with Crippen molar-refractivity contribution < 1.29 is 19.0 Å². The Labute approximate surface area is 169 Å². The maximum Gasteiger partial charge on any atom is 0.261 e. The van der Waals surface area contributed by atoms with Gasteiger partial charge in [0.25, 0.3) is 8.32 Å². The van der Waals surface area contributed by atoms with Gasteiger partial charge in [0.2, 0.25) is 0 Å². The van der Waals surface area contributed by atoms with Gasteiger partial charge < -0.3 is 19.0 Å². The first-order chi connectivity index (χ1) is 13.4. The number of hydrogen-bond acceptors (Lipinski definition) is 4. The van der Waals surface area contributed by atoms with E-state index in [-0.39, 0.29) is 30.1 Å². The van der Waals surface area contributed by atoms with Gasteiger partial charge in [-0.15, -0.1) is 0 Å². The van der Waals surface area contributed by atoms with Crippen molar-refractivity contribution in [3.05, 3.63) is 60.7 Å². The van der Waals surface area contributed by atoms with Crippen LogP contribution in [-0.2, 0) is 13.9 Å². The van der Waals surface area contributed by atoms with Gasteiger partial charge in [0.15, 0.2) is 6.29 Å². The number of aliphatic hydroxyl groups excluding tert-OH is 1. The summed E-state index contributed by atoms with van der Waals surface area (Å²) in [5, 5.41) is 12.1. The number of rotatable bonds is 6. The molecule has 0 aliphatic carbocycles. The molecule has 28 heavy (non-hydrogen) atoms. The van der Waals surface area contributed by atoms with E-state index in [0.717, 1.165) is 0 Å². The van der Waals surface area contributed by atoms with Gasteiger partial charge in [0, 0.05) is 20.0 Å². The third-order valence-electron chi connectivity index (χ3n) is 5.55. The van der Waals surface area contributed by atoms with Crippen LogP contribution in [0.15, 0.2) is 60.7 Å². The number of hydrogen-bond donors (Lipinski definition) is 1. The number of methoxy groups -OCH3 is 1. The zero-order valence-electron chi connectivity index (χ0n) is 17.3. The first kappa shape index (κ1) is 21.2. The second-order valence-corrected chi connectivity index (χ2v) is 12.7. The summed E-state index contributed by atoms with van der Waals surface area (Å²) in [7, 11) is -0.971. The van der Waals surface area contributed by atoms with E-state index in [4.69, 9.17) is 13.9 Å². The van der Waals surface area contributed by atoms with Gasteiger partial charge in [-0.3, -0.25) is 0 Å². The summed E-state index contributed by atoms with van der Waals surface area (Å²) in [5.74, 6) is 0. The Bertz CT molecular complexity index is 678. The summed E-state index contributed by atoms with van der Waals surface area (Å²) < 4.78 is 18.4. The quantitative estimate of drug-likeness (QED) is 0.757. The SMILES string of the molecule is COC1C[C@@H](O[Si](c2ccccc2)(c2ccccc2)C(C)(C)C)C[C@@H](CO)O1. The molecule has 1 saturated heterocycles. The molecule has 2 aromatic carbocycles. The predicted octanol–water partition coefficient (Wildman–Crippen LogP) is 3.08. The Morgan fingerprint density at radius 2 is 1.50 bits per heavy atom. The van der Waals surface area contributed by atoms with Crippen LogP contribution in [-0.4, -0.2) is 45.6 Å². The molecule has 1 aliphatic rings. The Balaban J connectivity index is 2.08. The van der Waals surface area contributed by atoms with E-state index >= 15 is 0 Å². The van der Waals surface area contributed by atoms with Crippen LogP contribution in [0.5, 0.6) is 0 Å². The second-order valence-electron chi connectivity index (χ2n) is 8.48. The monoisotopic (exact) mass is 400 g/mol. The Morgan fingerprint density at radius 3 is 1.93 bits per heavy atom. The molecule has 0 saturated carbocycles. The Kier molecular flexibility index (Phi) is 6.73. The number of benzene rings is 2. The molecule has 1 heterocycles. The van der Waals surface area contributed by atoms with Crippen LogP contribution in [0, 0.1) is 0 Å². The Hall–Kier alpha value is -1.50. The minimum Gasteiger partial charge on any atom is -0.404 e. The summed E-state index contributed by atoms with van der Waals surface area (Å²) in [5.41, 5.74) is 0. The average Bonchev–Trinajstić information content (AvgIpc) is 2.72. The van der Waals surface area contributed by atoms with Crippen molar-refractivity contribution in [1.82, 2.24) is 0 Å². The van der Waals surface area contributed by atoms with E-state index in [0.29, 0.717) is 12.8 Å². The maximum absolute atomic E-state index is 9.69. The van der Waals surface area contributed by atoms with Crippen molar-refractivity contribution in [3.63, 3.8) is 0 Å². The lowest BCUT2D eigenvalue weighted by atomic mass is 10.1. The van der Waals surface area contributed by atoms with Crippen LogP contribution in [0.4, 0.5) is 0 Å². The van der Waals surface area contributed by atoms with Crippen molar-refractivity contribution in [1.29, 1.82) is 0 Å². The number of ether oxygens (including phenoxy) is 2. The third kappa shape index (κ3) is 4.24. The highest BCUT2D eigenvalue weighted by atomic mass is 28.4. The zero-order chi connectivity index (χ0) is 20.2. The molecule has 3 atom stereocenters. The molecule has 0 radical (unpaired) electrons. The normalized spacial score (nSPS) is 23.5. The molecule has 0 spiro atoms. The van der Waals surface area contributed by atoms with Crippen molar-refractivity contribution in [3.8, 4) is 0 Å². The molecule has 1 N–H and O–H groups in total. The van der Waals surface area contributed by atoms with Gasteiger partial charge in [-0.1, -0.05) is 81.4 Å². The van der Waals surface area contributed by atoms with Crippen molar-refractivity contribution in [2.75, 3.05) is 13.7 Å². The second kappa shape index (κ2) is 8.89. The van der Waals surface area contributed by atoms with Gasteiger partial charge in [0.05, 0.1) is 18.8 Å². The summed E-state index contributed by atoms with van der Waals surface area (Å²) in [6.07, 6.45) is 0.677.